The van der Waals surface area contributed by atoms with Gasteiger partial charge in [0.2, 0.25) is 5.91 Å². The van der Waals surface area contributed by atoms with Crippen molar-refractivity contribution >= 4 is 52.4 Å². The minimum atomic E-state index is 0. The highest BCUT2D eigenvalue weighted by Gasteiger charge is 2.23. The first-order chi connectivity index (χ1) is 10.1. The van der Waals surface area contributed by atoms with E-state index in [4.69, 9.17) is 17.3 Å². The number of thioether (sulfide) groups is 1. The Hall–Kier alpha value is -0.940. The molecule has 0 aliphatic carbocycles. The van der Waals surface area contributed by atoms with E-state index >= 15 is 0 Å². The van der Waals surface area contributed by atoms with Crippen LogP contribution in [0.25, 0.3) is 10.8 Å². The molecule has 2 aromatic carbocycles. The molecule has 2 N–H and O–H groups in total. The number of fused-ring (bicyclic) bond motifs is 1. The predicted octanol–water partition coefficient (Wildman–Crippen LogP) is 3.57. The Kier molecular flexibility index (Phi) is 5.98. The molecule has 3 nitrogen and oxygen atoms in total. The number of nitrogens with zero attached hydrogens (tertiary/aromatic N) is 1. The smallest absolute Gasteiger partial charge is 0.232 e. The number of hydrogen-bond acceptors (Lipinski definition) is 3. The van der Waals surface area contributed by atoms with Crippen LogP contribution < -0.4 is 5.73 Å². The zero-order valence-corrected chi connectivity index (χ0v) is 14.4. The molecule has 0 radical (unpaired) electrons. The average Bonchev–Trinajstić information content (AvgIpc) is 2.91. The summed E-state index contributed by atoms with van der Waals surface area (Å²) in [6.45, 7) is 1.45. The van der Waals surface area contributed by atoms with Crippen LogP contribution in [-0.4, -0.2) is 35.7 Å². The molecule has 1 aliphatic rings. The van der Waals surface area contributed by atoms with Crippen LogP contribution in [0.15, 0.2) is 41.3 Å². The molecule has 0 aromatic heterocycles. The van der Waals surface area contributed by atoms with E-state index < -0.39 is 0 Å². The molecular weight excluding hydrogens is 339 g/mol. The summed E-state index contributed by atoms with van der Waals surface area (Å²) in [5.41, 5.74) is 5.85. The molecule has 1 aliphatic heterocycles. The van der Waals surface area contributed by atoms with E-state index in [0.717, 1.165) is 33.7 Å². The lowest BCUT2D eigenvalue weighted by Gasteiger charge is -2.16. The monoisotopic (exact) mass is 356 g/mol. The molecule has 6 heteroatoms. The van der Waals surface area contributed by atoms with Crippen LogP contribution in [0, 0.1) is 0 Å². The van der Waals surface area contributed by atoms with E-state index in [1.165, 1.54) is 0 Å². The van der Waals surface area contributed by atoms with Gasteiger partial charge in [-0.2, -0.15) is 0 Å². The van der Waals surface area contributed by atoms with Gasteiger partial charge in [0, 0.05) is 34.4 Å². The lowest BCUT2D eigenvalue weighted by Crippen LogP contribution is -2.33. The Labute approximate surface area is 145 Å². The van der Waals surface area contributed by atoms with Crippen molar-refractivity contribution in [2.45, 2.75) is 17.4 Å². The van der Waals surface area contributed by atoms with Crippen molar-refractivity contribution in [1.82, 2.24) is 4.90 Å². The molecule has 0 saturated carbocycles. The maximum Gasteiger partial charge on any atom is 0.232 e. The third-order valence-corrected chi connectivity index (χ3v) is 5.10. The van der Waals surface area contributed by atoms with E-state index in [-0.39, 0.29) is 24.4 Å². The Morgan fingerprint density at radius 3 is 2.73 bits per heavy atom. The second kappa shape index (κ2) is 7.55. The summed E-state index contributed by atoms with van der Waals surface area (Å²) >= 11 is 7.84. The second-order valence-electron chi connectivity index (χ2n) is 5.27. The zero-order valence-electron chi connectivity index (χ0n) is 12.0. The van der Waals surface area contributed by atoms with Gasteiger partial charge in [-0.05, 0) is 23.9 Å². The van der Waals surface area contributed by atoms with E-state index in [9.17, 15) is 4.79 Å². The van der Waals surface area contributed by atoms with Crippen molar-refractivity contribution in [2.75, 3.05) is 18.8 Å². The van der Waals surface area contributed by atoms with Gasteiger partial charge in [0.15, 0.2) is 0 Å². The summed E-state index contributed by atoms with van der Waals surface area (Å²) in [5.74, 6) is 0.578. The number of benzene rings is 2. The normalized spacial score (nSPS) is 17.5. The van der Waals surface area contributed by atoms with E-state index in [0.29, 0.717) is 12.3 Å². The number of carbonyl (C=O) groups excluding carboxylic acids is 1. The molecule has 1 atom stereocenters. The summed E-state index contributed by atoms with van der Waals surface area (Å²) in [6.07, 6.45) is 0.899. The molecule has 118 valence electrons. The van der Waals surface area contributed by atoms with Crippen molar-refractivity contribution < 1.29 is 4.79 Å². The Morgan fingerprint density at radius 2 is 2.05 bits per heavy atom. The van der Waals surface area contributed by atoms with E-state index in [1.54, 1.807) is 11.8 Å². The maximum absolute atomic E-state index is 12.2. The Morgan fingerprint density at radius 1 is 1.32 bits per heavy atom. The van der Waals surface area contributed by atoms with E-state index in [1.807, 2.05) is 41.3 Å². The van der Waals surface area contributed by atoms with Crippen molar-refractivity contribution in [1.29, 1.82) is 0 Å². The predicted molar refractivity (Wildman–Crippen MR) is 96.1 cm³/mol. The maximum atomic E-state index is 12.2. The number of carbonyl (C=O) groups is 1. The van der Waals surface area contributed by atoms with Crippen LogP contribution in [0.3, 0.4) is 0 Å². The van der Waals surface area contributed by atoms with Gasteiger partial charge in [-0.1, -0.05) is 35.9 Å². The summed E-state index contributed by atoms with van der Waals surface area (Å²) in [4.78, 5) is 15.1. The van der Waals surface area contributed by atoms with Gasteiger partial charge < -0.3 is 10.6 Å². The average molecular weight is 357 g/mol. The number of likely N-dealkylation sites (tertiary alicyclic amines) is 1. The number of halogens is 2. The fraction of sp³-hybridized carbons (Fsp3) is 0.312. The van der Waals surface area contributed by atoms with Crippen molar-refractivity contribution in [3.63, 3.8) is 0 Å². The van der Waals surface area contributed by atoms with Gasteiger partial charge in [0.05, 0.1) is 5.75 Å². The lowest BCUT2D eigenvalue weighted by molar-refractivity contribution is -0.127. The first-order valence-electron chi connectivity index (χ1n) is 6.98. The molecule has 0 bridgehead atoms. The molecular formula is C16H18Cl2N2OS. The molecule has 0 unspecified atom stereocenters. The summed E-state index contributed by atoms with van der Waals surface area (Å²) < 4.78 is 0. The van der Waals surface area contributed by atoms with Gasteiger partial charge in [-0.15, -0.1) is 24.2 Å². The van der Waals surface area contributed by atoms with Crippen molar-refractivity contribution in [3.8, 4) is 0 Å². The highest BCUT2D eigenvalue weighted by atomic mass is 35.5. The molecule has 22 heavy (non-hydrogen) atoms. The summed E-state index contributed by atoms with van der Waals surface area (Å²) in [5, 5.41) is 2.85. The van der Waals surface area contributed by atoms with Gasteiger partial charge in [0.1, 0.15) is 0 Å². The minimum absolute atomic E-state index is 0. The Balaban J connectivity index is 0.00000176. The number of nitrogens with two attached hydrogens (primary N) is 1. The standard InChI is InChI=1S/C16H17ClN2OS.ClH/c17-13-5-1-3-11-4-2-6-14(16(11)13)21-10-15(20)19-8-7-12(18)9-19;/h1-6,12H,7-10,18H2;1H/t12-;/m1./s1. The lowest BCUT2D eigenvalue weighted by atomic mass is 10.1. The van der Waals surface area contributed by atoms with Gasteiger partial charge in [-0.3, -0.25) is 4.79 Å². The van der Waals surface area contributed by atoms with Crippen LogP contribution in [0.4, 0.5) is 0 Å². The van der Waals surface area contributed by atoms with E-state index in [2.05, 4.69) is 0 Å². The molecule has 1 amide bonds. The third-order valence-electron chi connectivity index (χ3n) is 3.74. The quantitative estimate of drug-likeness (QED) is 0.855. The van der Waals surface area contributed by atoms with Gasteiger partial charge >= 0.3 is 0 Å². The van der Waals surface area contributed by atoms with Crippen LogP contribution in [0.2, 0.25) is 5.02 Å². The molecule has 1 heterocycles. The first kappa shape index (κ1) is 17.4. The van der Waals surface area contributed by atoms with Crippen LogP contribution >= 0.6 is 35.8 Å². The second-order valence-corrected chi connectivity index (χ2v) is 6.70. The molecule has 1 saturated heterocycles. The zero-order chi connectivity index (χ0) is 14.8. The molecule has 0 spiro atoms. The van der Waals surface area contributed by atoms with Crippen molar-refractivity contribution in [3.05, 3.63) is 41.4 Å². The Bertz CT molecular complexity index is 675. The van der Waals surface area contributed by atoms with Crippen LogP contribution in [0.1, 0.15) is 6.42 Å². The molecule has 3 rings (SSSR count). The minimum Gasteiger partial charge on any atom is -0.340 e. The van der Waals surface area contributed by atoms with Gasteiger partial charge in [0.25, 0.3) is 0 Å². The number of amides is 1. The first-order valence-corrected chi connectivity index (χ1v) is 8.35. The molecule has 2 aromatic rings. The fourth-order valence-electron chi connectivity index (χ4n) is 2.63. The molecule has 1 fully saturated rings. The van der Waals surface area contributed by atoms with Crippen LogP contribution in [0.5, 0.6) is 0 Å². The largest absolute Gasteiger partial charge is 0.340 e. The van der Waals surface area contributed by atoms with Crippen LogP contribution in [-0.2, 0) is 4.79 Å². The topological polar surface area (TPSA) is 46.3 Å². The van der Waals surface area contributed by atoms with Gasteiger partial charge in [-0.25, -0.2) is 0 Å². The number of rotatable bonds is 3. The summed E-state index contributed by atoms with van der Waals surface area (Å²) in [7, 11) is 0. The number of hydrogen-bond donors (Lipinski definition) is 1. The SMILES string of the molecule is Cl.N[C@@H]1CCN(C(=O)CSc2cccc3cccc(Cl)c23)C1. The van der Waals surface area contributed by atoms with Crippen molar-refractivity contribution in [2.24, 2.45) is 5.73 Å². The highest BCUT2D eigenvalue weighted by Crippen LogP contribution is 2.33. The fourth-order valence-corrected chi connectivity index (χ4v) is 3.98. The third kappa shape index (κ3) is 3.69. The highest BCUT2D eigenvalue weighted by molar-refractivity contribution is 8.00. The summed E-state index contributed by atoms with van der Waals surface area (Å²) in [6, 6.07) is 12.0.